The summed E-state index contributed by atoms with van der Waals surface area (Å²) in [6, 6.07) is 16.4. The number of hydrogen-bond acceptors (Lipinski definition) is 4. The van der Waals surface area contributed by atoms with E-state index in [1.54, 1.807) is 6.92 Å². The molecule has 0 saturated heterocycles. The summed E-state index contributed by atoms with van der Waals surface area (Å²) < 4.78 is 2.03. The molecule has 0 radical (unpaired) electrons. The van der Waals surface area contributed by atoms with Gasteiger partial charge in [0.1, 0.15) is 5.82 Å². The lowest BCUT2D eigenvalue weighted by Gasteiger charge is -2.14. The summed E-state index contributed by atoms with van der Waals surface area (Å²) in [6.45, 7) is 5.92. The van der Waals surface area contributed by atoms with Crippen molar-refractivity contribution in [2.75, 3.05) is 0 Å². The number of aromatic nitrogens is 3. The summed E-state index contributed by atoms with van der Waals surface area (Å²) in [6.07, 6.45) is 0.659. The Morgan fingerprint density at radius 2 is 1.88 bits per heavy atom. The lowest BCUT2D eigenvalue weighted by atomic mass is 10.1. The number of hydrogen-bond donors (Lipinski definition) is 1. The normalized spacial score (nSPS) is 12.1. The molecule has 1 atom stereocenters. The largest absolute Gasteiger partial charge is 0.369 e. The first-order valence-electron chi connectivity index (χ1n) is 8.47. The fourth-order valence-electron chi connectivity index (χ4n) is 2.78. The SMILES string of the molecule is Cc1ccc(-n2c(Cc3ccccc3)nnc2SC(C)C(N)=O)c(C)c1. The zero-order valence-corrected chi connectivity index (χ0v) is 16.0. The first kappa shape index (κ1) is 18.2. The molecule has 0 aliphatic rings. The van der Waals surface area contributed by atoms with Gasteiger partial charge in [0, 0.05) is 6.42 Å². The predicted molar refractivity (Wildman–Crippen MR) is 105 cm³/mol. The van der Waals surface area contributed by atoms with Gasteiger partial charge in [0.15, 0.2) is 5.16 Å². The van der Waals surface area contributed by atoms with Crippen molar-refractivity contribution in [3.8, 4) is 5.69 Å². The Kier molecular flexibility index (Phi) is 5.42. The highest BCUT2D eigenvalue weighted by molar-refractivity contribution is 8.00. The minimum atomic E-state index is -0.381. The second-order valence-electron chi connectivity index (χ2n) is 6.35. The monoisotopic (exact) mass is 366 g/mol. The molecular weight excluding hydrogens is 344 g/mol. The highest BCUT2D eigenvalue weighted by atomic mass is 32.2. The van der Waals surface area contributed by atoms with Crippen LogP contribution in [0.4, 0.5) is 0 Å². The minimum absolute atomic E-state index is 0.366. The molecule has 0 aliphatic carbocycles. The van der Waals surface area contributed by atoms with E-state index >= 15 is 0 Å². The topological polar surface area (TPSA) is 73.8 Å². The Morgan fingerprint density at radius 3 is 2.54 bits per heavy atom. The zero-order valence-electron chi connectivity index (χ0n) is 15.1. The van der Waals surface area contributed by atoms with Gasteiger partial charge in [-0.15, -0.1) is 10.2 Å². The van der Waals surface area contributed by atoms with E-state index in [-0.39, 0.29) is 11.2 Å². The van der Waals surface area contributed by atoms with Crippen molar-refractivity contribution in [2.45, 2.75) is 37.6 Å². The molecule has 1 amide bonds. The Morgan fingerprint density at radius 1 is 1.15 bits per heavy atom. The fraction of sp³-hybridized carbons (Fsp3) is 0.250. The van der Waals surface area contributed by atoms with Crippen molar-refractivity contribution >= 4 is 17.7 Å². The van der Waals surface area contributed by atoms with E-state index in [4.69, 9.17) is 5.73 Å². The second kappa shape index (κ2) is 7.74. The molecule has 0 bridgehead atoms. The van der Waals surface area contributed by atoms with Crippen LogP contribution in [0.25, 0.3) is 5.69 Å². The summed E-state index contributed by atoms with van der Waals surface area (Å²) in [5, 5.41) is 9.04. The van der Waals surface area contributed by atoms with Crippen LogP contribution in [0, 0.1) is 13.8 Å². The average molecular weight is 366 g/mol. The predicted octanol–water partition coefficient (Wildman–Crippen LogP) is 3.44. The van der Waals surface area contributed by atoms with E-state index in [9.17, 15) is 4.79 Å². The summed E-state index contributed by atoms with van der Waals surface area (Å²) >= 11 is 1.33. The van der Waals surface area contributed by atoms with Crippen LogP contribution < -0.4 is 5.73 Å². The number of rotatable bonds is 6. The lowest BCUT2D eigenvalue weighted by Crippen LogP contribution is -2.23. The van der Waals surface area contributed by atoms with Gasteiger partial charge in [-0.3, -0.25) is 9.36 Å². The minimum Gasteiger partial charge on any atom is -0.369 e. The maximum atomic E-state index is 11.5. The third-order valence-electron chi connectivity index (χ3n) is 4.18. The Labute approximate surface area is 157 Å². The van der Waals surface area contributed by atoms with Crippen LogP contribution in [0.2, 0.25) is 0 Å². The molecule has 6 heteroatoms. The molecule has 134 valence electrons. The molecule has 5 nitrogen and oxygen atoms in total. The molecule has 1 heterocycles. The molecule has 1 unspecified atom stereocenters. The molecule has 0 fully saturated rings. The van der Waals surface area contributed by atoms with Crippen LogP contribution in [0.3, 0.4) is 0 Å². The van der Waals surface area contributed by atoms with Gasteiger partial charge in [-0.2, -0.15) is 0 Å². The molecule has 2 N–H and O–H groups in total. The number of nitrogens with zero attached hydrogens (tertiary/aromatic N) is 3. The number of aryl methyl sites for hydroxylation is 2. The summed E-state index contributed by atoms with van der Waals surface area (Å²) in [5.74, 6) is 0.470. The van der Waals surface area contributed by atoms with Crippen LogP contribution in [-0.4, -0.2) is 25.9 Å². The van der Waals surface area contributed by atoms with Crippen LogP contribution >= 0.6 is 11.8 Å². The van der Waals surface area contributed by atoms with Crippen molar-refractivity contribution in [1.82, 2.24) is 14.8 Å². The molecule has 3 rings (SSSR count). The lowest BCUT2D eigenvalue weighted by molar-refractivity contribution is -0.117. The summed E-state index contributed by atoms with van der Waals surface area (Å²) in [4.78, 5) is 11.5. The Hall–Kier alpha value is -2.60. The van der Waals surface area contributed by atoms with E-state index < -0.39 is 0 Å². The van der Waals surface area contributed by atoms with Crippen molar-refractivity contribution in [3.05, 3.63) is 71.0 Å². The molecule has 0 aliphatic heterocycles. The van der Waals surface area contributed by atoms with E-state index in [1.807, 2.05) is 22.8 Å². The number of thioether (sulfide) groups is 1. The molecule has 2 aromatic carbocycles. The average Bonchev–Trinajstić information content (AvgIpc) is 2.98. The molecule has 26 heavy (non-hydrogen) atoms. The maximum absolute atomic E-state index is 11.5. The van der Waals surface area contributed by atoms with Crippen molar-refractivity contribution in [2.24, 2.45) is 5.73 Å². The van der Waals surface area contributed by atoms with Gasteiger partial charge in [0.05, 0.1) is 10.9 Å². The standard InChI is InChI=1S/C20H22N4OS/c1-13-9-10-17(14(2)11-13)24-18(12-16-7-5-4-6-8-16)22-23-20(24)26-15(3)19(21)25/h4-11,15H,12H2,1-3H3,(H2,21,25). The number of carbonyl (C=O) groups excluding carboxylic acids is 1. The smallest absolute Gasteiger partial charge is 0.230 e. The highest BCUT2D eigenvalue weighted by Crippen LogP contribution is 2.28. The molecule has 1 aromatic heterocycles. The number of primary amides is 1. The summed E-state index contributed by atoms with van der Waals surface area (Å²) in [5.41, 5.74) is 9.94. The van der Waals surface area contributed by atoms with E-state index in [0.717, 1.165) is 22.6 Å². The number of carbonyl (C=O) groups is 1. The van der Waals surface area contributed by atoms with Crippen molar-refractivity contribution in [3.63, 3.8) is 0 Å². The molecular formula is C20H22N4OS. The van der Waals surface area contributed by atoms with E-state index in [1.165, 1.54) is 17.3 Å². The number of benzene rings is 2. The first-order valence-corrected chi connectivity index (χ1v) is 9.35. The van der Waals surface area contributed by atoms with Crippen molar-refractivity contribution in [1.29, 1.82) is 0 Å². The second-order valence-corrected chi connectivity index (χ2v) is 7.66. The van der Waals surface area contributed by atoms with Gasteiger partial charge < -0.3 is 5.73 Å². The fourth-order valence-corrected chi connectivity index (χ4v) is 3.61. The number of amides is 1. The molecule has 0 saturated carbocycles. The highest BCUT2D eigenvalue weighted by Gasteiger charge is 2.20. The van der Waals surface area contributed by atoms with Gasteiger partial charge in [0.25, 0.3) is 0 Å². The molecule has 3 aromatic rings. The Bertz CT molecular complexity index is 921. The third-order valence-corrected chi connectivity index (χ3v) is 5.24. The van der Waals surface area contributed by atoms with Crippen LogP contribution in [0.15, 0.2) is 53.7 Å². The zero-order chi connectivity index (χ0) is 18.7. The van der Waals surface area contributed by atoms with Crippen molar-refractivity contribution < 1.29 is 4.79 Å². The van der Waals surface area contributed by atoms with Gasteiger partial charge in [0.2, 0.25) is 5.91 Å². The quantitative estimate of drug-likeness (QED) is 0.678. The van der Waals surface area contributed by atoms with Gasteiger partial charge >= 0.3 is 0 Å². The third kappa shape index (κ3) is 3.96. The van der Waals surface area contributed by atoms with Crippen LogP contribution in [-0.2, 0) is 11.2 Å². The maximum Gasteiger partial charge on any atom is 0.230 e. The van der Waals surface area contributed by atoms with Gasteiger partial charge in [-0.25, -0.2) is 0 Å². The van der Waals surface area contributed by atoms with Crippen LogP contribution in [0.5, 0.6) is 0 Å². The van der Waals surface area contributed by atoms with Gasteiger partial charge in [-0.1, -0.05) is 59.8 Å². The molecule has 0 spiro atoms. The van der Waals surface area contributed by atoms with E-state index in [0.29, 0.717) is 11.6 Å². The van der Waals surface area contributed by atoms with Crippen LogP contribution in [0.1, 0.15) is 29.4 Å². The van der Waals surface area contributed by atoms with Gasteiger partial charge in [-0.05, 0) is 38.0 Å². The van der Waals surface area contributed by atoms with E-state index in [2.05, 4.69) is 54.4 Å². The Balaban J connectivity index is 2.07. The first-order chi connectivity index (χ1) is 12.5. The summed E-state index contributed by atoms with van der Waals surface area (Å²) in [7, 11) is 0. The number of nitrogens with two attached hydrogens (primary N) is 1.